The molecule has 0 saturated carbocycles. The van der Waals surface area contributed by atoms with E-state index in [-0.39, 0.29) is 39.8 Å². The van der Waals surface area contributed by atoms with Crippen LogP contribution >= 0.6 is 11.6 Å². The third kappa shape index (κ3) is 9.19. The van der Waals surface area contributed by atoms with Crippen LogP contribution in [0.3, 0.4) is 0 Å². The molecule has 0 aliphatic carbocycles. The Labute approximate surface area is 397 Å². The van der Waals surface area contributed by atoms with Crippen molar-refractivity contribution in [3.05, 3.63) is 226 Å². The Balaban J connectivity index is 0.000000172. The van der Waals surface area contributed by atoms with Crippen LogP contribution in [0.2, 0.25) is 5.02 Å². The summed E-state index contributed by atoms with van der Waals surface area (Å²) in [5.41, 5.74) is 7.98. The van der Waals surface area contributed by atoms with E-state index in [1.807, 2.05) is 56.3 Å². The summed E-state index contributed by atoms with van der Waals surface area (Å²) in [7, 11) is 0. The average Bonchev–Trinajstić information content (AvgIpc) is 3.99. The maximum Gasteiger partial charge on any atom is 0.257 e. The molecular weight excluding hydrogens is 907 g/mol. The quantitative estimate of drug-likeness (QED) is 0.148. The number of carbonyl (C=O) groups is 2. The summed E-state index contributed by atoms with van der Waals surface area (Å²) >= 11 is 6.35. The lowest BCUT2D eigenvalue weighted by Crippen LogP contribution is -2.14. The summed E-state index contributed by atoms with van der Waals surface area (Å²) in [5, 5.41) is 5.98. The first-order valence-corrected chi connectivity index (χ1v) is 21.8. The number of halogens is 6. The zero-order valence-electron chi connectivity index (χ0n) is 37.0. The van der Waals surface area contributed by atoms with Gasteiger partial charge in [0.15, 0.2) is 23.3 Å². The molecule has 4 aromatic heterocycles. The first kappa shape index (κ1) is 45.7. The predicted octanol–water partition coefficient (Wildman–Crippen LogP) is 14.1. The van der Waals surface area contributed by atoms with Gasteiger partial charge in [-0.2, -0.15) is 0 Å². The third-order valence-corrected chi connectivity index (χ3v) is 11.9. The van der Waals surface area contributed by atoms with Gasteiger partial charge < -0.3 is 10.6 Å². The zero-order chi connectivity index (χ0) is 48.5. The smallest absolute Gasteiger partial charge is 0.257 e. The van der Waals surface area contributed by atoms with E-state index in [2.05, 4.69) is 20.6 Å². The van der Waals surface area contributed by atoms with Crippen LogP contribution in [0.4, 0.5) is 33.3 Å². The number of pyridine rings is 2. The number of hydrogen-bond acceptors (Lipinski definition) is 4. The molecule has 10 rings (SSSR count). The van der Waals surface area contributed by atoms with Crippen LogP contribution in [-0.4, -0.2) is 30.6 Å². The fraction of sp³-hybridized carbons (Fsp3) is 0.0545. The summed E-state index contributed by atoms with van der Waals surface area (Å²) in [6, 6.07) is 37.9. The second kappa shape index (κ2) is 19.1. The molecule has 2 amide bonds. The van der Waals surface area contributed by atoms with Gasteiger partial charge in [-0.15, -0.1) is 0 Å². The van der Waals surface area contributed by atoms with Crippen molar-refractivity contribution in [2.24, 2.45) is 0 Å². The minimum absolute atomic E-state index is 0.00963. The molecule has 0 spiro atoms. The standard InChI is InChI=1S/C28H20F3N3O.C27H18ClF2N3O/c1-16-8-10-19(11-9-16)33-28(35)22-13-18(14-24(30)17(22)2)20-6-4-12-34-25(20)15-32-27(34)21-5-3-7-23(29)26(21)31;1-16-7-10-18(11-8-16)32-27(34)21-14-17(9-12-22(21)28)19-5-3-13-33-24(19)15-31-26(33)20-4-2-6-23(29)25(20)30/h3-15H,1-2H3,(H,33,35);2-15H,1H3,(H,32,34). The van der Waals surface area contributed by atoms with Crippen molar-refractivity contribution in [2.75, 3.05) is 10.6 Å². The maximum atomic E-state index is 15.0. The largest absolute Gasteiger partial charge is 0.322 e. The van der Waals surface area contributed by atoms with Crippen LogP contribution in [0.1, 0.15) is 37.4 Å². The van der Waals surface area contributed by atoms with Crippen molar-refractivity contribution in [1.82, 2.24) is 18.8 Å². The Kier molecular flexibility index (Phi) is 12.6. The number of aryl methyl sites for hydroxylation is 2. The van der Waals surface area contributed by atoms with Crippen LogP contribution in [0.5, 0.6) is 0 Å². The number of nitrogens with zero attached hydrogens (tertiary/aromatic N) is 4. The SMILES string of the molecule is Cc1ccc(NC(=O)c2cc(-c3cccn4c(-c5cccc(F)c5F)ncc34)cc(F)c2C)cc1.Cc1ccc(NC(=O)c2cc(-c3cccn4c(-c5cccc(F)c5F)ncc34)ccc2Cl)cc1. The van der Waals surface area contributed by atoms with Gasteiger partial charge in [-0.25, -0.2) is 31.9 Å². The molecule has 4 heterocycles. The minimum Gasteiger partial charge on any atom is -0.322 e. The summed E-state index contributed by atoms with van der Waals surface area (Å²) in [6.07, 6.45) is 6.50. The number of aromatic nitrogens is 4. The van der Waals surface area contributed by atoms with Gasteiger partial charge in [0, 0.05) is 40.5 Å². The normalized spacial score (nSPS) is 11.1. The van der Waals surface area contributed by atoms with Gasteiger partial charge in [-0.3, -0.25) is 18.4 Å². The Morgan fingerprint density at radius 2 is 0.942 bits per heavy atom. The molecule has 0 radical (unpaired) electrons. The summed E-state index contributed by atoms with van der Waals surface area (Å²) in [6.45, 7) is 5.46. The number of nitrogens with one attached hydrogen (secondary N) is 2. The summed E-state index contributed by atoms with van der Waals surface area (Å²) in [4.78, 5) is 34.6. The Morgan fingerprint density at radius 1 is 0.493 bits per heavy atom. The number of carbonyl (C=O) groups excluding carboxylic acids is 2. The highest BCUT2D eigenvalue weighted by molar-refractivity contribution is 6.34. The number of rotatable bonds is 8. The molecule has 0 bridgehead atoms. The van der Waals surface area contributed by atoms with Crippen molar-refractivity contribution in [2.45, 2.75) is 20.8 Å². The molecule has 69 heavy (non-hydrogen) atoms. The fourth-order valence-electron chi connectivity index (χ4n) is 7.89. The molecule has 0 aliphatic heterocycles. The highest BCUT2D eigenvalue weighted by atomic mass is 35.5. The molecule has 0 aliphatic rings. The van der Waals surface area contributed by atoms with Gasteiger partial charge in [-0.05, 0) is 122 Å². The van der Waals surface area contributed by atoms with Crippen molar-refractivity contribution in [1.29, 1.82) is 0 Å². The molecule has 14 heteroatoms. The van der Waals surface area contributed by atoms with Crippen LogP contribution < -0.4 is 10.6 Å². The molecule has 0 saturated heterocycles. The van der Waals surface area contributed by atoms with Crippen molar-refractivity contribution in [3.8, 4) is 45.0 Å². The highest BCUT2D eigenvalue weighted by Crippen LogP contribution is 2.34. The van der Waals surface area contributed by atoms with E-state index in [0.29, 0.717) is 44.1 Å². The number of benzene rings is 6. The second-order valence-corrected chi connectivity index (χ2v) is 16.6. The monoisotopic (exact) mass is 944 g/mol. The van der Waals surface area contributed by atoms with E-state index in [4.69, 9.17) is 11.6 Å². The van der Waals surface area contributed by atoms with E-state index < -0.39 is 35.0 Å². The molecule has 2 N–H and O–H groups in total. The van der Waals surface area contributed by atoms with Crippen molar-refractivity contribution < 1.29 is 31.5 Å². The number of fused-ring (bicyclic) bond motifs is 2. The molecule has 0 atom stereocenters. The number of anilines is 2. The molecule has 6 aromatic carbocycles. The van der Waals surface area contributed by atoms with Crippen LogP contribution in [-0.2, 0) is 0 Å². The maximum absolute atomic E-state index is 15.0. The Hall–Kier alpha value is -8.42. The van der Waals surface area contributed by atoms with Crippen LogP contribution in [0.15, 0.2) is 164 Å². The Morgan fingerprint density at radius 3 is 1.45 bits per heavy atom. The first-order chi connectivity index (χ1) is 33.2. The van der Waals surface area contributed by atoms with Gasteiger partial charge in [0.2, 0.25) is 0 Å². The molecule has 0 fully saturated rings. The molecule has 342 valence electrons. The second-order valence-electron chi connectivity index (χ2n) is 16.2. The van der Waals surface area contributed by atoms with Crippen LogP contribution in [0, 0.1) is 49.9 Å². The highest BCUT2D eigenvalue weighted by Gasteiger charge is 2.21. The molecule has 8 nitrogen and oxygen atoms in total. The molecule has 10 aromatic rings. The van der Waals surface area contributed by atoms with Crippen LogP contribution in [0.25, 0.3) is 56.1 Å². The lowest BCUT2D eigenvalue weighted by atomic mass is 9.98. The predicted molar refractivity (Wildman–Crippen MR) is 260 cm³/mol. The first-order valence-electron chi connectivity index (χ1n) is 21.4. The third-order valence-electron chi connectivity index (χ3n) is 11.6. The van der Waals surface area contributed by atoms with E-state index in [0.717, 1.165) is 34.4 Å². The number of hydrogen-bond donors (Lipinski definition) is 2. The van der Waals surface area contributed by atoms with E-state index in [9.17, 15) is 31.5 Å². The van der Waals surface area contributed by atoms with Gasteiger partial charge in [0.05, 0.1) is 45.1 Å². The average molecular weight is 945 g/mol. The summed E-state index contributed by atoms with van der Waals surface area (Å²) in [5.74, 6) is -4.68. The van der Waals surface area contributed by atoms with Gasteiger partial charge >= 0.3 is 0 Å². The van der Waals surface area contributed by atoms with Gasteiger partial charge in [0.1, 0.15) is 17.5 Å². The lowest BCUT2D eigenvalue weighted by Gasteiger charge is -2.13. The minimum atomic E-state index is -0.998. The van der Waals surface area contributed by atoms with E-state index >= 15 is 0 Å². The topological polar surface area (TPSA) is 92.8 Å². The lowest BCUT2D eigenvalue weighted by molar-refractivity contribution is 0.101. The molecule has 0 unspecified atom stereocenters. The molecular formula is C55H38ClF5N6O2. The Bertz CT molecular complexity index is 3610. The van der Waals surface area contributed by atoms with Crippen molar-refractivity contribution in [3.63, 3.8) is 0 Å². The van der Waals surface area contributed by atoms with E-state index in [1.165, 1.54) is 36.5 Å². The fourth-order valence-corrected chi connectivity index (χ4v) is 8.09. The van der Waals surface area contributed by atoms with E-state index in [1.54, 1.807) is 88.9 Å². The number of imidazole rings is 2. The summed E-state index contributed by atoms with van der Waals surface area (Å²) < 4.78 is 74.7. The van der Waals surface area contributed by atoms with Crippen molar-refractivity contribution >= 4 is 45.8 Å². The van der Waals surface area contributed by atoms with Gasteiger partial charge in [0.25, 0.3) is 11.8 Å². The number of amides is 2. The van der Waals surface area contributed by atoms with Gasteiger partial charge in [-0.1, -0.05) is 77.3 Å². The zero-order valence-corrected chi connectivity index (χ0v) is 37.7.